The lowest BCUT2D eigenvalue weighted by molar-refractivity contribution is -0.137. The number of halogens is 3. The molecule has 1 aliphatic rings. The molecule has 0 atom stereocenters. The number of anilines is 1. The molecule has 1 amide bonds. The first-order valence-electron chi connectivity index (χ1n) is 8.35. The fourth-order valence-corrected chi connectivity index (χ4v) is 3.55. The van der Waals surface area contributed by atoms with Gasteiger partial charge in [0.25, 0.3) is 0 Å². The fourth-order valence-electron chi connectivity index (χ4n) is 2.90. The SMILES string of the molecule is O=C(CN1CCN(c2cccc(C(F)(F)F)c2)CC1)NCc1cccs1. The number of carbonyl (C=O) groups is 1. The second kappa shape index (κ2) is 8.09. The zero-order valence-electron chi connectivity index (χ0n) is 14.1. The molecular weight excluding hydrogens is 363 g/mol. The summed E-state index contributed by atoms with van der Waals surface area (Å²) in [4.78, 5) is 17.1. The van der Waals surface area contributed by atoms with Crippen LogP contribution < -0.4 is 10.2 Å². The number of alkyl halides is 3. The maximum absolute atomic E-state index is 12.8. The Morgan fingerprint density at radius 3 is 2.54 bits per heavy atom. The zero-order valence-corrected chi connectivity index (χ0v) is 14.9. The number of piperazine rings is 1. The first-order valence-corrected chi connectivity index (χ1v) is 9.23. The Balaban J connectivity index is 1.47. The van der Waals surface area contributed by atoms with Crippen LogP contribution in [0, 0.1) is 0 Å². The van der Waals surface area contributed by atoms with E-state index in [-0.39, 0.29) is 5.91 Å². The van der Waals surface area contributed by atoms with E-state index in [0.29, 0.717) is 45.0 Å². The summed E-state index contributed by atoms with van der Waals surface area (Å²) in [5.74, 6) is -0.0362. The number of nitrogens with one attached hydrogen (secondary N) is 1. The molecule has 1 aromatic heterocycles. The van der Waals surface area contributed by atoms with Crippen LogP contribution in [0.15, 0.2) is 41.8 Å². The number of hydrogen-bond acceptors (Lipinski definition) is 4. The molecule has 1 fully saturated rings. The zero-order chi connectivity index (χ0) is 18.6. The van der Waals surface area contributed by atoms with Gasteiger partial charge < -0.3 is 10.2 Å². The number of amides is 1. The molecule has 1 aliphatic heterocycles. The van der Waals surface area contributed by atoms with E-state index in [2.05, 4.69) is 5.32 Å². The summed E-state index contributed by atoms with van der Waals surface area (Å²) in [5, 5.41) is 4.86. The van der Waals surface area contributed by atoms with Gasteiger partial charge in [-0.3, -0.25) is 9.69 Å². The molecule has 0 radical (unpaired) electrons. The molecule has 0 bridgehead atoms. The Morgan fingerprint density at radius 2 is 1.88 bits per heavy atom. The Bertz CT molecular complexity index is 726. The predicted octanol–water partition coefficient (Wildman–Crippen LogP) is 3.21. The van der Waals surface area contributed by atoms with E-state index in [1.54, 1.807) is 17.4 Å². The summed E-state index contributed by atoms with van der Waals surface area (Å²) in [5.41, 5.74) is -0.0630. The quantitative estimate of drug-likeness (QED) is 0.861. The summed E-state index contributed by atoms with van der Waals surface area (Å²) >= 11 is 1.60. The van der Waals surface area contributed by atoms with E-state index in [9.17, 15) is 18.0 Å². The van der Waals surface area contributed by atoms with Crippen LogP contribution in [0.1, 0.15) is 10.4 Å². The molecule has 1 saturated heterocycles. The Hall–Kier alpha value is -2.06. The lowest BCUT2D eigenvalue weighted by atomic mass is 10.1. The van der Waals surface area contributed by atoms with Gasteiger partial charge in [-0.1, -0.05) is 12.1 Å². The molecule has 8 heteroatoms. The van der Waals surface area contributed by atoms with Crippen molar-refractivity contribution in [2.24, 2.45) is 0 Å². The molecule has 1 aromatic carbocycles. The van der Waals surface area contributed by atoms with Gasteiger partial charge in [0.2, 0.25) is 5.91 Å². The Labute approximate surface area is 154 Å². The van der Waals surface area contributed by atoms with Crippen LogP contribution in [0.3, 0.4) is 0 Å². The average Bonchev–Trinajstić information content (AvgIpc) is 3.14. The number of carbonyl (C=O) groups excluding carboxylic acids is 1. The van der Waals surface area contributed by atoms with Crippen LogP contribution in [0.4, 0.5) is 18.9 Å². The maximum Gasteiger partial charge on any atom is 0.416 e. The minimum absolute atomic E-state index is 0.0362. The molecule has 140 valence electrons. The summed E-state index contributed by atoms with van der Waals surface area (Å²) in [6.45, 7) is 3.31. The first kappa shape index (κ1) is 18.7. The topological polar surface area (TPSA) is 35.6 Å². The molecule has 0 unspecified atom stereocenters. The average molecular weight is 383 g/mol. The maximum atomic E-state index is 12.8. The third-order valence-corrected chi connectivity index (χ3v) is 5.19. The van der Waals surface area contributed by atoms with Crippen molar-refractivity contribution in [3.63, 3.8) is 0 Å². The monoisotopic (exact) mass is 383 g/mol. The molecule has 0 spiro atoms. The van der Waals surface area contributed by atoms with Crippen LogP contribution in [-0.4, -0.2) is 43.5 Å². The van der Waals surface area contributed by atoms with E-state index in [4.69, 9.17) is 0 Å². The molecule has 2 aromatic rings. The lowest BCUT2D eigenvalue weighted by Gasteiger charge is -2.36. The number of rotatable bonds is 5. The van der Waals surface area contributed by atoms with Gasteiger partial charge in [-0.05, 0) is 29.6 Å². The van der Waals surface area contributed by atoms with E-state index in [1.807, 2.05) is 27.3 Å². The molecule has 0 saturated carbocycles. The van der Waals surface area contributed by atoms with Gasteiger partial charge >= 0.3 is 6.18 Å². The highest BCUT2D eigenvalue weighted by atomic mass is 32.1. The number of hydrogen-bond donors (Lipinski definition) is 1. The number of nitrogens with zero attached hydrogens (tertiary/aromatic N) is 2. The van der Waals surface area contributed by atoms with Crippen molar-refractivity contribution in [1.29, 1.82) is 0 Å². The van der Waals surface area contributed by atoms with Crippen molar-refractivity contribution < 1.29 is 18.0 Å². The molecule has 2 heterocycles. The van der Waals surface area contributed by atoms with E-state index >= 15 is 0 Å². The van der Waals surface area contributed by atoms with Gasteiger partial charge in [0.1, 0.15) is 0 Å². The third-order valence-electron chi connectivity index (χ3n) is 4.32. The van der Waals surface area contributed by atoms with Gasteiger partial charge in [0.15, 0.2) is 0 Å². The van der Waals surface area contributed by atoms with Crippen molar-refractivity contribution in [2.45, 2.75) is 12.7 Å². The van der Waals surface area contributed by atoms with Crippen molar-refractivity contribution >= 4 is 22.9 Å². The molecular formula is C18H20F3N3OS. The van der Waals surface area contributed by atoms with E-state index in [1.165, 1.54) is 12.1 Å². The number of benzene rings is 1. The summed E-state index contributed by atoms with van der Waals surface area (Å²) in [7, 11) is 0. The van der Waals surface area contributed by atoms with Crippen molar-refractivity contribution in [3.8, 4) is 0 Å². The van der Waals surface area contributed by atoms with Gasteiger partial charge in [-0.15, -0.1) is 11.3 Å². The molecule has 26 heavy (non-hydrogen) atoms. The third kappa shape index (κ3) is 4.98. The smallest absolute Gasteiger partial charge is 0.369 e. The molecule has 0 aliphatic carbocycles. The van der Waals surface area contributed by atoms with Crippen LogP contribution in [0.5, 0.6) is 0 Å². The highest BCUT2D eigenvalue weighted by Gasteiger charge is 2.31. The second-order valence-electron chi connectivity index (χ2n) is 6.17. The molecule has 1 N–H and O–H groups in total. The highest BCUT2D eigenvalue weighted by Crippen LogP contribution is 2.31. The minimum atomic E-state index is -4.33. The number of thiophene rings is 1. The van der Waals surface area contributed by atoms with E-state index < -0.39 is 11.7 Å². The van der Waals surface area contributed by atoms with Gasteiger partial charge in [-0.2, -0.15) is 13.2 Å². The van der Waals surface area contributed by atoms with Crippen molar-refractivity contribution in [3.05, 3.63) is 52.2 Å². The van der Waals surface area contributed by atoms with E-state index in [0.717, 1.165) is 10.9 Å². The van der Waals surface area contributed by atoms with Crippen molar-refractivity contribution in [2.75, 3.05) is 37.6 Å². The van der Waals surface area contributed by atoms with Crippen LogP contribution in [-0.2, 0) is 17.5 Å². The van der Waals surface area contributed by atoms with Gasteiger partial charge in [-0.25, -0.2) is 0 Å². The summed E-state index contributed by atoms with van der Waals surface area (Å²) < 4.78 is 38.5. The summed E-state index contributed by atoms with van der Waals surface area (Å²) in [6.07, 6.45) is -4.33. The van der Waals surface area contributed by atoms with Gasteiger partial charge in [0, 0.05) is 36.7 Å². The predicted molar refractivity (Wildman–Crippen MR) is 96.3 cm³/mol. The largest absolute Gasteiger partial charge is 0.416 e. The van der Waals surface area contributed by atoms with Crippen LogP contribution >= 0.6 is 11.3 Å². The standard InChI is InChI=1S/C18H20F3N3OS/c19-18(20,21)14-3-1-4-15(11-14)24-8-6-23(7-9-24)13-17(25)22-12-16-5-2-10-26-16/h1-5,10-11H,6-9,12-13H2,(H,22,25). The van der Waals surface area contributed by atoms with Crippen LogP contribution in [0.25, 0.3) is 0 Å². The second-order valence-corrected chi connectivity index (χ2v) is 7.20. The minimum Gasteiger partial charge on any atom is -0.369 e. The Morgan fingerprint density at radius 1 is 1.12 bits per heavy atom. The normalized spacial score (nSPS) is 15.9. The lowest BCUT2D eigenvalue weighted by Crippen LogP contribution is -2.49. The summed E-state index contributed by atoms with van der Waals surface area (Å²) in [6, 6.07) is 9.31. The van der Waals surface area contributed by atoms with Crippen LogP contribution in [0.2, 0.25) is 0 Å². The highest BCUT2D eigenvalue weighted by molar-refractivity contribution is 7.09. The Kier molecular flexibility index (Phi) is 5.83. The molecule has 4 nitrogen and oxygen atoms in total. The molecule has 3 rings (SSSR count). The van der Waals surface area contributed by atoms with Gasteiger partial charge in [0.05, 0.1) is 18.7 Å². The first-order chi connectivity index (χ1) is 12.4. The fraction of sp³-hybridized carbons (Fsp3) is 0.389. The van der Waals surface area contributed by atoms with Crippen molar-refractivity contribution in [1.82, 2.24) is 10.2 Å².